The third kappa shape index (κ3) is 2.51. The van der Waals surface area contributed by atoms with Gasteiger partial charge in [0.05, 0.1) is 4.90 Å². The average Bonchev–Trinajstić information content (AvgIpc) is 2.77. The zero-order valence-corrected chi connectivity index (χ0v) is 10.8. The molecular weight excluding hydrogens is 236 g/mol. The molecule has 1 heterocycles. The highest BCUT2D eigenvalue weighted by molar-refractivity contribution is 7.89. The van der Waals surface area contributed by atoms with Crippen LogP contribution >= 0.6 is 0 Å². The van der Waals surface area contributed by atoms with Crippen molar-refractivity contribution in [2.75, 3.05) is 13.1 Å². The van der Waals surface area contributed by atoms with Gasteiger partial charge in [0, 0.05) is 19.1 Å². The highest BCUT2D eigenvalue weighted by Gasteiger charge is 2.30. The number of nitrogens with two attached hydrogens (primary N) is 1. The van der Waals surface area contributed by atoms with Gasteiger partial charge in [0.1, 0.15) is 0 Å². The minimum Gasteiger partial charge on any atom is -0.326 e. The number of hydrogen-bond acceptors (Lipinski definition) is 3. The lowest BCUT2D eigenvalue weighted by Crippen LogP contribution is -2.31. The molecule has 1 aromatic rings. The Morgan fingerprint density at radius 2 is 2.00 bits per heavy atom. The van der Waals surface area contributed by atoms with Crippen LogP contribution in [0.4, 0.5) is 0 Å². The van der Waals surface area contributed by atoms with Gasteiger partial charge in [-0.15, -0.1) is 0 Å². The summed E-state index contributed by atoms with van der Waals surface area (Å²) in [7, 11) is -3.34. The summed E-state index contributed by atoms with van der Waals surface area (Å²) in [6.07, 6.45) is 1.65. The van der Waals surface area contributed by atoms with Crippen molar-refractivity contribution < 1.29 is 8.42 Å². The van der Waals surface area contributed by atoms with E-state index in [9.17, 15) is 8.42 Å². The molecule has 0 aliphatic carbocycles. The second-order valence-corrected chi connectivity index (χ2v) is 6.35. The minimum atomic E-state index is -3.34. The first-order chi connectivity index (χ1) is 8.04. The SMILES string of the molecule is CCc1ccc(S(=O)(=O)N2CC[C@H](N)C2)cc1. The Kier molecular flexibility index (Phi) is 3.51. The first-order valence-corrected chi connectivity index (χ1v) is 7.32. The molecule has 0 spiro atoms. The molecule has 2 N–H and O–H groups in total. The van der Waals surface area contributed by atoms with Crippen LogP contribution in [0.25, 0.3) is 0 Å². The first-order valence-electron chi connectivity index (χ1n) is 5.88. The summed E-state index contributed by atoms with van der Waals surface area (Å²) in [6, 6.07) is 7.06. The molecule has 1 aliphatic rings. The van der Waals surface area contributed by atoms with Gasteiger partial charge in [0.2, 0.25) is 10.0 Å². The van der Waals surface area contributed by atoms with Crippen molar-refractivity contribution in [1.82, 2.24) is 4.31 Å². The normalized spacial score (nSPS) is 21.9. The summed E-state index contributed by atoms with van der Waals surface area (Å²) in [6.45, 7) is 3.00. The third-order valence-corrected chi connectivity index (χ3v) is 5.04. The fraction of sp³-hybridized carbons (Fsp3) is 0.500. The lowest BCUT2D eigenvalue weighted by Gasteiger charge is -2.16. The number of hydrogen-bond donors (Lipinski definition) is 1. The Morgan fingerprint density at radius 3 is 2.47 bits per heavy atom. The summed E-state index contributed by atoms with van der Waals surface area (Å²) in [5.74, 6) is 0. The molecule has 94 valence electrons. The Labute approximate surface area is 102 Å². The maximum absolute atomic E-state index is 12.2. The van der Waals surface area contributed by atoms with Crippen LogP contribution in [0.3, 0.4) is 0 Å². The predicted molar refractivity (Wildman–Crippen MR) is 67.2 cm³/mol. The molecule has 0 aromatic heterocycles. The molecule has 1 aromatic carbocycles. The van der Waals surface area contributed by atoms with Crippen LogP contribution in [0, 0.1) is 0 Å². The predicted octanol–water partition coefficient (Wildman–Crippen LogP) is 0.971. The molecule has 1 atom stereocenters. The minimum absolute atomic E-state index is 0.0281. The average molecular weight is 254 g/mol. The van der Waals surface area contributed by atoms with Gasteiger partial charge in [0.25, 0.3) is 0 Å². The zero-order valence-electron chi connectivity index (χ0n) is 9.96. The van der Waals surface area contributed by atoms with Crippen LogP contribution in [0.5, 0.6) is 0 Å². The second-order valence-electron chi connectivity index (χ2n) is 4.41. The smallest absolute Gasteiger partial charge is 0.243 e. The van der Waals surface area contributed by atoms with Crippen molar-refractivity contribution >= 4 is 10.0 Å². The first kappa shape index (κ1) is 12.5. The van der Waals surface area contributed by atoms with Gasteiger partial charge in [-0.25, -0.2) is 8.42 Å². The summed E-state index contributed by atoms with van der Waals surface area (Å²) in [4.78, 5) is 0.365. The van der Waals surface area contributed by atoms with Gasteiger partial charge >= 0.3 is 0 Å². The molecular formula is C12H18N2O2S. The molecule has 0 unspecified atom stereocenters. The van der Waals surface area contributed by atoms with Crippen molar-refractivity contribution in [2.24, 2.45) is 5.73 Å². The van der Waals surface area contributed by atoms with Gasteiger partial charge in [0.15, 0.2) is 0 Å². The van der Waals surface area contributed by atoms with Crippen LogP contribution in [0.15, 0.2) is 29.2 Å². The zero-order chi connectivity index (χ0) is 12.5. The molecule has 2 rings (SSSR count). The highest BCUT2D eigenvalue weighted by atomic mass is 32.2. The molecule has 0 radical (unpaired) electrons. The molecule has 4 nitrogen and oxygen atoms in total. The fourth-order valence-electron chi connectivity index (χ4n) is 2.02. The summed E-state index contributed by atoms with van der Waals surface area (Å²) in [5.41, 5.74) is 6.88. The van der Waals surface area contributed by atoms with E-state index >= 15 is 0 Å². The molecule has 5 heteroatoms. The lowest BCUT2D eigenvalue weighted by molar-refractivity contribution is 0.472. The Balaban J connectivity index is 2.25. The maximum atomic E-state index is 12.2. The fourth-order valence-corrected chi connectivity index (χ4v) is 3.53. The number of nitrogens with zero attached hydrogens (tertiary/aromatic N) is 1. The molecule has 0 amide bonds. The third-order valence-electron chi connectivity index (χ3n) is 3.16. The Morgan fingerprint density at radius 1 is 1.35 bits per heavy atom. The summed E-state index contributed by atoms with van der Waals surface area (Å²) < 4.78 is 26.0. The van der Waals surface area contributed by atoms with E-state index in [4.69, 9.17) is 5.73 Å². The van der Waals surface area contributed by atoms with E-state index in [0.29, 0.717) is 18.0 Å². The number of benzene rings is 1. The number of aryl methyl sites for hydroxylation is 1. The van der Waals surface area contributed by atoms with Crippen LogP contribution in [-0.2, 0) is 16.4 Å². The van der Waals surface area contributed by atoms with E-state index in [1.54, 1.807) is 12.1 Å². The van der Waals surface area contributed by atoms with Crippen LogP contribution in [0.1, 0.15) is 18.9 Å². The lowest BCUT2D eigenvalue weighted by atomic mass is 10.2. The van der Waals surface area contributed by atoms with Crippen molar-refractivity contribution in [3.63, 3.8) is 0 Å². The van der Waals surface area contributed by atoms with Gasteiger partial charge in [-0.3, -0.25) is 0 Å². The van der Waals surface area contributed by atoms with E-state index in [-0.39, 0.29) is 6.04 Å². The van der Waals surface area contributed by atoms with E-state index in [1.165, 1.54) is 4.31 Å². The van der Waals surface area contributed by atoms with Crippen LogP contribution < -0.4 is 5.73 Å². The van der Waals surface area contributed by atoms with E-state index in [2.05, 4.69) is 0 Å². The maximum Gasteiger partial charge on any atom is 0.243 e. The van der Waals surface area contributed by atoms with Crippen molar-refractivity contribution in [2.45, 2.75) is 30.7 Å². The van der Waals surface area contributed by atoms with E-state index in [0.717, 1.165) is 18.4 Å². The number of sulfonamides is 1. The molecule has 1 saturated heterocycles. The van der Waals surface area contributed by atoms with Gasteiger partial charge in [-0.05, 0) is 30.5 Å². The van der Waals surface area contributed by atoms with E-state index < -0.39 is 10.0 Å². The Bertz CT molecular complexity index is 482. The molecule has 1 fully saturated rings. The van der Waals surface area contributed by atoms with Gasteiger partial charge < -0.3 is 5.73 Å². The monoisotopic (exact) mass is 254 g/mol. The van der Waals surface area contributed by atoms with Crippen LogP contribution in [-0.4, -0.2) is 31.9 Å². The topological polar surface area (TPSA) is 63.4 Å². The standard InChI is InChI=1S/C12H18N2O2S/c1-2-10-3-5-12(6-4-10)17(15,16)14-8-7-11(13)9-14/h3-6,11H,2,7-9,13H2,1H3/t11-/m0/s1. The Hall–Kier alpha value is -0.910. The van der Waals surface area contributed by atoms with Crippen LogP contribution in [0.2, 0.25) is 0 Å². The summed E-state index contributed by atoms with van der Waals surface area (Å²) in [5, 5.41) is 0. The van der Waals surface area contributed by atoms with Gasteiger partial charge in [-0.2, -0.15) is 4.31 Å². The highest BCUT2D eigenvalue weighted by Crippen LogP contribution is 2.20. The molecule has 0 bridgehead atoms. The van der Waals surface area contributed by atoms with Gasteiger partial charge in [-0.1, -0.05) is 19.1 Å². The quantitative estimate of drug-likeness (QED) is 0.874. The molecule has 0 saturated carbocycles. The summed E-state index contributed by atoms with van der Waals surface area (Å²) >= 11 is 0. The van der Waals surface area contributed by atoms with Crippen molar-refractivity contribution in [3.05, 3.63) is 29.8 Å². The van der Waals surface area contributed by atoms with E-state index in [1.807, 2.05) is 19.1 Å². The van der Waals surface area contributed by atoms with Crippen molar-refractivity contribution in [1.29, 1.82) is 0 Å². The van der Waals surface area contributed by atoms with Crippen molar-refractivity contribution in [3.8, 4) is 0 Å². The molecule has 17 heavy (non-hydrogen) atoms. The molecule has 1 aliphatic heterocycles. The largest absolute Gasteiger partial charge is 0.326 e. The number of rotatable bonds is 3. The second kappa shape index (κ2) is 4.76.